The summed E-state index contributed by atoms with van der Waals surface area (Å²) in [5.41, 5.74) is 3.82. The number of amides is 1. The lowest BCUT2D eigenvalue weighted by Gasteiger charge is -2.39. The van der Waals surface area contributed by atoms with Crippen molar-refractivity contribution in [3.05, 3.63) is 84.9 Å². The number of likely N-dealkylation sites (N-methyl/N-ethyl adjacent to an activating group) is 1. The Morgan fingerprint density at radius 3 is 2.89 bits per heavy atom. The van der Waals surface area contributed by atoms with E-state index >= 15 is 0 Å². The van der Waals surface area contributed by atoms with Crippen LogP contribution in [0, 0.1) is 6.92 Å². The van der Waals surface area contributed by atoms with E-state index in [2.05, 4.69) is 31.8 Å². The Kier molecular flexibility index (Phi) is 8.47. The van der Waals surface area contributed by atoms with E-state index in [1.54, 1.807) is 6.08 Å². The lowest BCUT2D eigenvalue weighted by molar-refractivity contribution is -0.129. The minimum absolute atomic E-state index is 0.00377. The molecule has 12 heteroatoms. The average Bonchev–Trinajstić information content (AvgIpc) is 3.15. The number of hydrogen-bond acceptors (Lipinski definition) is 10. The van der Waals surface area contributed by atoms with Crippen LogP contribution in [0.3, 0.4) is 0 Å². The van der Waals surface area contributed by atoms with Crippen molar-refractivity contribution in [3.8, 4) is 17.2 Å². The SMILES string of the molecule is C=CN=c1cc(Oc2ccc(Nc3ncnc4cc5c(nc34)N3CCN(C(=O)/C=C/CN(C)C)C(CO5)C3)cc2C)ccn1C. The van der Waals surface area contributed by atoms with E-state index in [1.807, 2.05) is 91.1 Å². The van der Waals surface area contributed by atoms with Crippen LogP contribution in [0.25, 0.3) is 11.0 Å². The molecular formula is C33H37N9O3. The highest BCUT2D eigenvalue weighted by Gasteiger charge is 2.35. The molecular weight excluding hydrogens is 570 g/mol. The number of nitrogens with zero attached hydrogens (tertiary/aromatic N) is 8. The van der Waals surface area contributed by atoms with Gasteiger partial charge >= 0.3 is 0 Å². The summed E-state index contributed by atoms with van der Waals surface area (Å²) in [7, 11) is 5.87. The molecule has 5 heterocycles. The van der Waals surface area contributed by atoms with Gasteiger partial charge < -0.3 is 34.1 Å². The number of benzene rings is 1. The lowest BCUT2D eigenvalue weighted by atomic mass is 10.1. The van der Waals surface area contributed by atoms with Crippen molar-refractivity contribution < 1.29 is 14.3 Å². The normalized spacial score (nSPS) is 16.5. The lowest BCUT2D eigenvalue weighted by Crippen LogP contribution is -2.56. The number of hydrogen-bond donors (Lipinski definition) is 1. The Labute approximate surface area is 262 Å². The highest BCUT2D eigenvalue weighted by atomic mass is 16.5. The molecule has 0 spiro atoms. The zero-order valence-corrected chi connectivity index (χ0v) is 26.0. The van der Waals surface area contributed by atoms with Gasteiger partial charge in [-0.25, -0.2) is 19.9 Å². The highest BCUT2D eigenvalue weighted by Crippen LogP contribution is 2.36. The van der Waals surface area contributed by atoms with E-state index in [1.165, 1.54) is 12.5 Å². The number of fused-ring (bicyclic) bond motifs is 5. The second-order valence-electron chi connectivity index (χ2n) is 11.4. The second kappa shape index (κ2) is 12.8. The maximum atomic E-state index is 12.9. The molecule has 2 aliphatic heterocycles. The number of pyridine rings is 2. The predicted molar refractivity (Wildman–Crippen MR) is 174 cm³/mol. The molecule has 3 aromatic heterocycles. The number of rotatable bonds is 8. The zero-order valence-electron chi connectivity index (χ0n) is 26.0. The van der Waals surface area contributed by atoms with Gasteiger partial charge in [0.2, 0.25) is 5.91 Å². The van der Waals surface area contributed by atoms with E-state index in [0.29, 0.717) is 61.1 Å². The van der Waals surface area contributed by atoms with Gasteiger partial charge in [-0.1, -0.05) is 12.7 Å². The van der Waals surface area contributed by atoms with Gasteiger partial charge in [0.15, 0.2) is 17.4 Å². The minimum atomic E-state index is -0.0819. The highest BCUT2D eigenvalue weighted by molar-refractivity contribution is 5.90. The fourth-order valence-corrected chi connectivity index (χ4v) is 5.44. The first-order chi connectivity index (χ1) is 21.8. The first kappa shape index (κ1) is 29.8. The topological polar surface area (TPSA) is 113 Å². The van der Waals surface area contributed by atoms with Crippen molar-refractivity contribution in [2.24, 2.45) is 12.0 Å². The Balaban J connectivity index is 1.21. The summed E-state index contributed by atoms with van der Waals surface area (Å²) in [6.07, 6.45) is 8.47. The maximum absolute atomic E-state index is 12.9. The van der Waals surface area contributed by atoms with Crippen LogP contribution in [-0.2, 0) is 11.8 Å². The van der Waals surface area contributed by atoms with Gasteiger partial charge in [-0.3, -0.25) is 4.79 Å². The quantitative estimate of drug-likeness (QED) is 0.299. The number of anilines is 3. The molecule has 1 unspecified atom stereocenters. The Morgan fingerprint density at radius 1 is 1.22 bits per heavy atom. The fraction of sp³-hybridized carbons (Fsp3) is 0.303. The Bertz CT molecular complexity index is 1850. The maximum Gasteiger partial charge on any atom is 0.246 e. The summed E-state index contributed by atoms with van der Waals surface area (Å²) in [5, 5.41) is 3.42. The summed E-state index contributed by atoms with van der Waals surface area (Å²) in [6, 6.07) is 11.4. The smallest absolute Gasteiger partial charge is 0.246 e. The van der Waals surface area contributed by atoms with Crippen molar-refractivity contribution in [2.45, 2.75) is 13.0 Å². The molecule has 232 valence electrons. The molecule has 12 nitrogen and oxygen atoms in total. The third kappa shape index (κ3) is 6.50. The van der Waals surface area contributed by atoms with Crippen molar-refractivity contribution in [1.82, 2.24) is 29.3 Å². The average molecular weight is 608 g/mol. The summed E-state index contributed by atoms with van der Waals surface area (Å²) in [6.45, 7) is 8.65. The molecule has 0 aliphatic carbocycles. The van der Waals surface area contributed by atoms with Crippen LogP contribution in [0.15, 0.2) is 78.8 Å². The molecule has 2 bridgehead atoms. The standard InChI is InChI=1S/C33H37N9O3/c1-6-34-29-17-25(11-13-40(29)5)45-27-10-9-23(16-22(27)2)37-32-31-26(35-21-36-32)18-28-33(38-31)41-14-15-42(24(19-41)20-44-28)30(43)8-7-12-39(3)4/h6-11,13,16-18,21,24H,1,12,14-15,19-20H2,2-5H3,(H,35,36,37)/b8-7+,34-29?. The first-order valence-corrected chi connectivity index (χ1v) is 14.8. The third-order valence-corrected chi connectivity index (χ3v) is 7.77. The number of nitrogens with one attached hydrogen (secondary N) is 1. The van der Waals surface area contributed by atoms with Crippen LogP contribution in [0.2, 0.25) is 0 Å². The van der Waals surface area contributed by atoms with Gasteiger partial charge in [0.1, 0.15) is 35.4 Å². The van der Waals surface area contributed by atoms with Crippen molar-refractivity contribution in [1.29, 1.82) is 0 Å². The first-order valence-electron chi connectivity index (χ1n) is 14.8. The van der Waals surface area contributed by atoms with Gasteiger partial charge in [0.05, 0.1) is 11.6 Å². The van der Waals surface area contributed by atoms with Crippen LogP contribution < -0.4 is 25.2 Å². The Hall–Kier alpha value is -5.23. The van der Waals surface area contributed by atoms with Crippen molar-refractivity contribution in [2.75, 3.05) is 57.1 Å². The second-order valence-corrected chi connectivity index (χ2v) is 11.4. The van der Waals surface area contributed by atoms with Crippen LogP contribution in [-0.4, -0.2) is 88.1 Å². The van der Waals surface area contributed by atoms with Gasteiger partial charge in [0, 0.05) is 69.5 Å². The monoisotopic (exact) mass is 607 g/mol. The molecule has 1 atom stereocenters. The molecule has 1 aromatic carbocycles. The molecule has 2 aliphatic rings. The summed E-state index contributed by atoms with van der Waals surface area (Å²) < 4.78 is 14.3. The molecule has 0 radical (unpaired) electrons. The third-order valence-electron chi connectivity index (χ3n) is 7.77. The summed E-state index contributed by atoms with van der Waals surface area (Å²) in [4.78, 5) is 37.3. The van der Waals surface area contributed by atoms with Gasteiger partial charge in [-0.15, -0.1) is 0 Å². The number of aromatic nitrogens is 4. The number of piperazine rings is 1. The summed E-state index contributed by atoms with van der Waals surface area (Å²) in [5.74, 6) is 3.39. The number of ether oxygens (including phenoxy) is 2. The molecule has 1 amide bonds. The van der Waals surface area contributed by atoms with Crippen molar-refractivity contribution >= 4 is 34.3 Å². The van der Waals surface area contributed by atoms with E-state index in [4.69, 9.17) is 14.5 Å². The summed E-state index contributed by atoms with van der Waals surface area (Å²) >= 11 is 0. The fourth-order valence-electron chi connectivity index (χ4n) is 5.44. The largest absolute Gasteiger partial charge is 0.487 e. The Morgan fingerprint density at radius 2 is 2.09 bits per heavy atom. The van der Waals surface area contributed by atoms with Gasteiger partial charge in [-0.05, 0) is 50.8 Å². The van der Waals surface area contributed by atoms with Crippen LogP contribution >= 0.6 is 0 Å². The number of carbonyl (C=O) groups excluding carboxylic acids is 1. The minimum Gasteiger partial charge on any atom is -0.487 e. The van der Waals surface area contributed by atoms with E-state index in [-0.39, 0.29) is 11.9 Å². The van der Waals surface area contributed by atoms with Crippen LogP contribution in [0.4, 0.5) is 17.3 Å². The molecule has 45 heavy (non-hydrogen) atoms. The predicted octanol–water partition coefficient (Wildman–Crippen LogP) is 3.78. The van der Waals surface area contributed by atoms with E-state index < -0.39 is 0 Å². The van der Waals surface area contributed by atoms with E-state index in [9.17, 15) is 4.79 Å². The molecule has 0 saturated carbocycles. The van der Waals surface area contributed by atoms with Crippen LogP contribution in [0.1, 0.15) is 5.56 Å². The number of carbonyl (C=O) groups is 1. The van der Waals surface area contributed by atoms with Crippen LogP contribution in [0.5, 0.6) is 17.2 Å². The van der Waals surface area contributed by atoms with Gasteiger partial charge in [0.25, 0.3) is 0 Å². The molecule has 1 saturated heterocycles. The van der Waals surface area contributed by atoms with Crippen molar-refractivity contribution in [3.63, 3.8) is 0 Å². The van der Waals surface area contributed by atoms with Gasteiger partial charge in [-0.2, -0.15) is 0 Å². The molecule has 1 N–H and O–H groups in total. The molecule has 6 rings (SSSR count). The zero-order chi connectivity index (χ0) is 31.5. The number of aryl methyl sites for hydroxylation is 2. The molecule has 1 fully saturated rings. The molecule has 4 aromatic rings. The van der Waals surface area contributed by atoms with E-state index in [0.717, 1.165) is 28.3 Å².